The third-order valence-corrected chi connectivity index (χ3v) is 1.95. The number of carbonyl (C=O) groups excluding carboxylic acids is 1. The molecule has 57 valence electrons. The van der Waals surface area contributed by atoms with Gasteiger partial charge in [0.1, 0.15) is 0 Å². The molecular formula is C6H5N2O2S. The topological polar surface area (TPSA) is 73.5 Å². The van der Waals surface area contributed by atoms with E-state index in [0.717, 1.165) is 0 Å². The van der Waals surface area contributed by atoms with E-state index < -0.39 is 5.91 Å². The minimum Gasteiger partial charge on any atom is -0.410 e. The van der Waals surface area contributed by atoms with E-state index in [4.69, 9.17) is 10.9 Å². The number of hydrogen-bond donors (Lipinski definition) is 1. The SMILES string of the molecule is [NH]C(=O)C(=NO)c1cccs1. The fourth-order valence-corrected chi connectivity index (χ4v) is 1.33. The van der Waals surface area contributed by atoms with Crippen molar-refractivity contribution < 1.29 is 10.0 Å². The van der Waals surface area contributed by atoms with Crippen molar-refractivity contribution in [2.75, 3.05) is 0 Å². The minimum atomic E-state index is -0.977. The number of hydrogen-bond acceptors (Lipinski definition) is 4. The van der Waals surface area contributed by atoms with E-state index in [0.29, 0.717) is 4.88 Å². The lowest BCUT2D eigenvalue weighted by Crippen LogP contribution is -2.14. The van der Waals surface area contributed by atoms with Crippen LogP contribution in [0.25, 0.3) is 0 Å². The van der Waals surface area contributed by atoms with Gasteiger partial charge in [-0.1, -0.05) is 11.2 Å². The highest BCUT2D eigenvalue weighted by molar-refractivity contribution is 7.13. The van der Waals surface area contributed by atoms with Gasteiger partial charge in [0.2, 0.25) is 0 Å². The van der Waals surface area contributed by atoms with Crippen molar-refractivity contribution in [3.8, 4) is 0 Å². The molecule has 0 saturated carbocycles. The van der Waals surface area contributed by atoms with Crippen LogP contribution in [0.5, 0.6) is 0 Å². The molecule has 0 atom stereocenters. The van der Waals surface area contributed by atoms with Gasteiger partial charge in [0.15, 0.2) is 5.71 Å². The number of nitrogens with zero attached hydrogens (tertiary/aromatic N) is 1. The summed E-state index contributed by atoms with van der Waals surface area (Å²) in [5.41, 5.74) is 6.48. The van der Waals surface area contributed by atoms with Crippen LogP contribution in [0.15, 0.2) is 22.7 Å². The smallest absolute Gasteiger partial charge is 0.293 e. The molecule has 1 aromatic rings. The number of oxime groups is 1. The van der Waals surface area contributed by atoms with E-state index in [1.807, 2.05) is 0 Å². The Morgan fingerprint density at radius 1 is 1.73 bits per heavy atom. The summed E-state index contributed by atoms with van der Waals surface area (Å²) >= 11 is 1.25. The van der Waals surface area contributed by atoms with Crippen LogP contribution in [0.1, 0.15) is 4.88 Å². The van der Waals surface area contributed by atoms with Crippen LogP contribution < -0.4 is 5.73 Å². The van der Waals surface area contributed by atoms with Crippen LogP contribution in [0.2, 0.25) is 0 Å². The number of amides is 1. The zero-order valence-corrected chi connectivity index (χ0v) is 6.26. The maximum absolute atomic E-state index is 10.5. The second kappa shape index (κ2) is 3.16. The first kappa shape index (κ1) is 7.74. The molecule has 1 radical (unpaired) electrons. The Morgan fingerprint density at radius 3 is 2.82 bits per heavy atom. The van der Waals surface area contributed by atoms with Gasteiger partial charge in [-0.25, -0.2) is 0 Å². The monoisotopic (exact) mass is 169 g/mol. The molecule has 0 spiro atoms. The van der Waals surface area contributed by atoms with Crippen LogP contribution in [0.3, 0.4) is 0 Å². The molecule has 0 aliphatic rings. The molecule has 0 aromatic carbocycles. The van der Waals surface area contributed by atoms with Gasteiger partial charge in [-0.15, -0.1) is 11.3 Å². The molecule has 11 heavy (non-hydrogen) atoms. The summed E-state index contributed by atoms with van der Waals surface area (Å²) in [5, 5.41) is 12.8. The summed E-state index contributed by atoms with van der Waals surface area (Å²) in [4.78, 5) is 11.0. The van der Waals surface area contributed by atoms with Gasteiger partial charge in [-0.05, 0) is 11.4 Å². The molecule has 1 amide bonds. The van der Waals surface area contributed by atoms with Gasteiger partial charge in [-0.2, -0.15) is 0 Å². The van der Waals surface area contributed by atoms with Crippen molar-refractivity contribution in [1.82, 2.24) is 5.73 Å². The first-order chi connectivity index (χ1) is 5.25. The molecule has 1 heterocycles. The molecule has 4 nitrogen and oxygen atoms in total. The van der Waals surface area contributed by atoms with Gasteiger partial charge < -0.3 is 5.21 Å². The molecule has 0 unspecified atom stereocenters. The lowest BCUT2D eigenvalue weighted by Gasteiger charge is -1.91. The Morgan fingerprint density at radius 2 is 2.45 bits per heavy atom. The lowest BCUT2D eigenvalue weighted by atomic mass is 10.3. The Hall–Kier alpha value is -1.36. The third-order valence-electron chi connectivity index (χ3n) is 1.07. The molecule has 0 aliphatic carbocycles. The first-order valence-electron chi connectivity index (χ1n) is 2.77. The van der Waals surface area contributed by atoms with E-state index in [1.54, 1.807) is 17.5 Å². The number of carbonyl (C=O) groups is 1. The molecule has 0 bridgehead atoms. The Balaban J connectivity index is 2.99. The van der Waals surface area contributed by atoms with Gasteiger partial charge in [0.05, 0.1) is 4.88 Å². The maximum atomic E-state index is 10.5. The quantitative estimate of drug-likeness (QED) is 0.402. The third kappa shape index (κ3) is 1.56. The van der Waals surface area contributed by atoms with Crippen molar-refractivity contribution in [3.05, 3.63) is 22.4 Å². The van der Waals surface area contributed by atoms with E-state index in [-0.39, 0.29) is 5.71 Å². The van der Waals surface area contributed by atoms with Crippen molar-refractivity contribution in [1.29, 1.82) is 0 Å². The maximum Gasteiger partial charge on any atom is 0.293 e. The van der Waals surface area contributed by atoms with E-state index >= 15 is 0 Å². The molecule has 0 saturated heterocycles. The van der Waals surface area contributed by atoms with Gasteiger partial charge in [0.25, 0.3) is 5.91 Å². The molecule has 2 N–H and O–H groups in total. The zero-order chi connectivity index (χ0) is 8.27. The van der Waals surface area contributed by atoms with Crippen LogP contribution in [-0.2, 0) is 4.79 Å². The van der Waals surface area contributed by atoms with Crippen LogP contribution in [0.4, 0.5) is 0 Å². The molecule has 0 aliphatic heterocycles. The van der Waals surface area contributed by atoms with Crippen LogP contribution in [-0.4, -0.2) is 16.8 Å². The van der Waals surface area contributed by atoms with Crippen LogP contribution in [0, 0.1) is 0 Å². The predicted octanol–water partition coefficient (Wildman–Crippen LogP) is 0.736. The normalized spacial score (nSPS) is 11.5. The predicted molar refractivity (Wildman–Crippen MR) is 40.7 cm³/mol. The van der Waals surface area contributed by atoms with Crippen LogP contribution >= 0.6 is 11.3 Å². The summed E-state index contributed by atoms with van der Waals surface area (Å²) in [6, 6.07) is 3.33. The highest BCUT2D eigenvalue weighted by atomic mass is 32.1. The second-order valence-electron chi connectivity index (χ2n) is 1.76. The second-order valence-corrected chi connectivity index (χ2v) is 2.70. The summed E-state index contributed by atoms with van der Waals surface area (Å²) in [7, 11) is 0. The number of nitrogens with one attached hydrogen (secondary N) is 1. The minimum absolute atomic E-state index is 0.208. The molecule has 1 aromatic heterocycles. The molecular weight excluding hydrogens is 164 g/mol. The van der Waals surface area contributed by atoms with Gasteiger partial charge in [-0.3, -0.25) is 10.5 Å². The number of thiophene rings is 1. The summed E-state index contributed by atoms with van der Waals surface area (Å²) in [5.74, 6) is -0.977. The average Bonchev–Trinajstić information content (AvgIpc) is 2.40. The zero-order valence-electron chi connectivity index (χ0n) is 5.44. The fourth-order valence-electron chi connectivity index (χ4n) is 0.620. The Labute approximate surface area is 66.9 Å². The highest BCUT2D eigenvalue weighted by Gasteiger charge is 2.11. The lowest BCUT2D eigenvalue weighted by molar-refractivity contribution is -0.112. The molecule has 1 rings (SSSR count). The Kier molecular flexibility index (Phi) is 2.22. The van der Waals surface area contributed by atoms with Crippen molar-refractivity contribution in [3.63, 3.8) is 0 Å². The summed E-state index contributed by atoms with van der Waals surface area (Å²) in [6.45, 7) is 0. The van der Waals surface area contributed by atoms with Gasteiger partial charge in [0, 0.05) is 0 Å². The van der Waals surface area contributed by atoms with Gasteiger partial charge >= 0.3 is 0 Å². The summed E-state index contributed by atoms with van der Waals surface area (Å²) in [6.07, 6.45) is 0. The molecule has 5 heteroatoms. The Bertz CT molecular complexity index is 279. The first-order valence-corrected chi connectivity index (χ1v) is 3.65. The van der Waals surface area contributed by atoms with E-state index in [2.05, 4.69) is 5.16 Å². The largest absolute Gasteiger partial charge is 0.410 e. The number of rotatable bonds is 2. The van der Waals surface area contributed by atoms with E-state index in [1.165, 1.54) is 11.3 Å². The van der Waals surface area contributed by atoms with Crippen molar-refractivity contribution >= 4 is 23.0 Å². The van der Waals surface area contributed by atoms with Crippen molar-refractivity contribution in [2.24, 2.45) is 5.16 Å². The molecule has 0 fully saturated rings. The highest BCUT2D eigenvalue weighted by Crippen LogP contribution is 2.09. The summed E-state index contributed by atoms with van der Waals surface area (Å²) < 4.78 is 0. The average molecular weight is 169 g/mol. The standard InChI is InChI=1S/C6H5N2O2S/c7-6(9)5(8-10)4-2-1-3-11-4/h1-3,7,10H. The van der Waals surface area contributed by atoms with Crippen molar-refractivity contribution in [2.45, 2.75) is 0 Å². The van der Waals surface area contributed by atoms with E-state index in [9.17, 15) is 4.79 Å². The fraction of sp³-hybridized carbons (Fsp3) is 0.